The average molecular weight is 328 g/mol. The Hall–Kier alpha value is -1.22. The van der Waals surface area contributed by atoms with Gasteiger partial charge in [0.1, 0.15) is 0 Å². The van der Waals surface area contributed by atoms with Gasteiger partial charge in [0.05, 0.1) is 31.0 Å². The van der Waals surface area contributed by atoms with Crippen LogP contribution in [0.4, 0.5) is 5.00 Å². The highest BCUT2D eigenvalue weighted by molar-refractivity contribution is 7.80. The molecule has 1 aliphatic rings. The van der Waals surface area contributed by atoms with Gasteiger partial charge >= 0.3 is 0 Å². The Morgan fingerprint density at radius 2 is 2.33 bits per heavy atom. The molecule has 0 spiro atoms. The summed E-state index contributed by atoms with van der Waals surface area (Å²) >= 11 is 6.79. The number of rotatable bonds is 6. The Balaban J connectivity index is 1.76. The van der Waals surface area contributed by atoms with Crippen LogP contribution in [0.25, 0.3) is 0 Å². The summed E-state index contributed by atoms with van der Waals surface area (Å²) in [5.41, 5.74) is 2.79. The van der Waals surface area contributed by atoms with Crippen molar-refractivity contribution in [3.8, 4) is 0 Å². The third-order valence-electron chi connectivity index (χ3n) is 2.88. The average Bonchev–Trinajstić information content (AvgIpc) is 2.97. The molecule has 0 unspecified atom stereocenters. The molecular weight excluding hydrogens is 308 g/mol. The number of hydrazone groups is 1. The first-order valence-electron chi connectivity index (χ1n) is 6.78. The largest absolute Gasteiger partial charge is 0.383 e. The summed E-state index contributed by atoms with van der Waals surface area (Å²) < 4.78 is 10.3. The summed E-state index contributed by atoms with van der Waals surface area (Å²) in [5, 5.41) is 8.86. The number of nitrogens with one attached hydrogen (secondary N) is 2. The van der Waals surface area contributed by atoms with Crippen LogP contribution in [0.2, 0.25) is 0 Å². The van der Waals surface area contributed by atoms with Gasteiger partial charge in [-0.2, -0.15) is 5.10 Å². The van der Waals surface area contributed by atoms with Gasteiger partial charge in [-0.1, -0.05) is 0 Å². The molecule has 0 aromatic carbocycles. The first kappa shape index (κ1) is 16.2. The van der Waals surface area contributed by atoms with Crippen LogP contribution in [-0.2, 0) is 9.47 Å². The molecule has 1 aliphatic heterocycles. The van der Waals surface area contributed by atoms with Crippen LogP contribution in [0.3, 0.4) is 0 Å². The van der Waals surface area contributed by atoms with Gasteiger partial charge in [-0.3, -0.25) is 5.43 Å². The zero-order chi connectivity index (χ0) is 14.9. The Labute approximate surface area is 134 Å². The molecule has 1 aromatic heterocycles. The van der Waals surface area contributed by atoms with Gasteiger partial charge in [0.25, 0.3) is 0 Å². The highest BCUT2D eigenvalue weighted by atomic mass is 32.1. The van der Waals surface area contributed by atoms with Crippen LogP contribution < -0.4 is 15.6 Å². The van der Waals surface area contributed by atoms with E-state index in [4.69, 9.17) is 21.7 Å². The first-order chi connectivity index (χ1) is 10.3. The minimum absolute atomic E-state index is 0.494. The molecule has 8 heteroatoms. The van der Waals surface area contributed by atoms with Crippen LogP contribution in [0.5, 0.6) is 0 Å². The fourth-order valence-electron chi connectivity index (χ4n) is 1.83. The first-order valence-corrected chi connectivity index (χ1v) is 8.00. The lowest BCUT2D eigenvalue weighted by Gasteiger charge is -2.27. The molecule has 2 heterocycles. The molecule has 0 radical (unpaired) electrons. The summed E-state index contributed by atoms with van der Waals surface area (Å²) in [6.07, 6.45) is 1.78. The summed E-state index contributed by atoms with van der Waals surface area (Å²) in [5.74, 6) is 0. The lowest BCUT2D eigenvalue weighted by atomic mass is 10.4. The van der Waals surface area contributed by atoms with E-state index in [-0.39, 0.29) is 0 Å². The Morgan fingerprint density at radius 3 is 3.10 bits per heavy atom. The van der Waals surface area contributed by atoms with Gasteiger partial charge < -0.3 is 19.7 Å². The molecule has 1 fully saturated rings. The van der Waals surface area contributed by atoms with Gasteiger partial charge in [0.15, 0.2) is 5.11 Å². The van der Waals surface area contributed by atoms with E-state index >= 15 is 0 Å². The van der Waals surface area contributed by atoms with Gasteiger partial charge in [0, 0.05) is 31.6 Å². The van der Waals surface area contributed by atoms with Crippen LogP contribution in [-0.4, -0.2) is 57.9 Å². The van der Waals surface area contributed by atoms with Gasteiger partial charge in [-0.25, -0.2) is 0 Å². The third-order valence-corrected chi connectivity index (χ3v) is 4.20. The topological polar surface area (TPSA) is 58.1 Å². The van der Waals surface area contributed by atoms with E-state index in [1.165, 1.54) is 5.00 Å². The number of thiocarbonyl (C=S) groups is 1. The molecule has 1 aromatic rings. The quantitative estimate of drug-likeness (QED) is 0.352. The molecule has 2 rings (SSSR count). The second-order valence-electron chi connectivity index (χ2n) is 4.39. The van der Waals surface area contributed by atoms with Crippen molar-refractivity contribution in [2.24, 2.45) is 5.10 Å². The maximum Gasteiger partial charge on any atom is 0.187 e. The zero-order valence-corrected chi connectivity index (χ0v) is 13.6. The molecule has 2 N–H and O–H groups in total. The maximum absolute atomic E-state index is 5.36. The summed E-state index contributed by atoms with van der Waals surface area (Å²) in [4.78, 5) is 3.42. The monoisotopic (exact) mass is 328 g/mol. The maximum atomic E-state index is 5.36. The highest BCUT2D eigenvalue weighted by Gasteiger charge is 2.12. The van der Waals surface area contributed by atoms with E-state index in [0.29, 0.717) is 18.3 Å². The van der Waals surface area contributed by atoms with E-state index < -0.39 is 0 Å². The summed E-state index contributed by atoms with van der Waals surface area (Å²) in [7, 11) is 1.65. The number of hydrogen-bond acceptors (Lipinski definition) is 6. The predicted molar refractivity (Wildman–Crippen MR) is 90.6 cm³/mol. The van der Waals surface area contributed by atoms with E-state index in [1.54, 1.807) is 24.7 Å². The van der Waals surface area contributed by atoms with Crippen molar-refractivity contribution in [1.82, 2.24) is 10.7 Å². The number of anilines is 1. The summed E-state index contributed by atoms with van der Waals surface area (Å²) in [6, 6.07) is 4.18. The minimum Gasteiger partial charge on any atom is -0.383 e. The Kier molecular flexibility index (Phi) is 6.87. The highest BCUT2D eigenvalue weighted by Crippen LogP contribution is 2.25. The molecule has 0 bridgehead atoms. The van der Waals surface area contributed by atoms with Crippen molar-refractivity contribution >= 4 is 39.9 Å². The molecule has 0 saturated carbocycles. The van der Waals surface area contributed by atoms with Crippen LogP contribution in [0, 0.1) is 0 Å². The fraction of sp³-hybridized carbons (Fsp3) is 0.538. The third kappa shape index (κ3) is 5.58. The van der Waals surface area contributed by atoms with Crippen molar-refractivity contribution in [3.05, 3.63) is 17.0 Å². The van der Waals surface area contributed by atoms with E-state index in [2.05, 4.69) is 32.9 Å². The van der Waals surface area contributed by atoms with Crippen molar-refractivity contribution in [1.29, 1.82) is 0 Å². The standard InChI is InChI=1S/C13H20N4O2S2/c1-18-7-4-14-13(20)16-15-10-11-2-3-12(21-11)17-5-8-19-9-6-17/h2-3,10H,4-9H2,1H3,(H2,14,16,20)/b15-10+. The molecule has 1 saturated heterocycles. The fourth-order valence-corrected chi connectivity index (χ4v) is 2.91. The van der Waals surface area contributed by atoms with Crippen molar-refractivity contribution in [2.45, 2.75) is 0 Å². The van der Waals surface area contributed by atoms with Gasteiger partial charge in [-0.05, 0) is 24.4 Å². The molecule has 0 atom stereocenters. The van der Waals surface area contributed by atoms with Crippen molar-refractivity contribution < 1.29 is 9.47 Å². The van der Waals surface area contributed by atoms with Crippen LogP contribution in [0.1, 0.15) is 4.88 Å². The molecular formula is C13H20N4O2S2. The van der Waals surface area contributed by atoms with Gasteiger partial charge in [0.2, 0.25) is 0 Å². The van der Waals surface area contributed by atoms with Crippen LogP contribution in [0.15, 0.2) is 17.2 Å². The number of hydrogen-bond donors (Lipinski definition) is 2. The Bertz CT molecular complexity index is 472. The second kappa shape index (κ2) is 8.93. The van der Waals surface area contributed by atoms with E-state index in [0.717, 1.165) is 31.2 Å². The normalized spacial score (nSPS) is 15.4. The molecule has 21 heavy (non-hydrogen) atoms. The number of ether oxygens (including phenoxy) is 2. The van der Waals surface area contributed by atoms with Crippen LogP contribution >= 0.6 is 23.6 Å². The van der Waals surface area contributed by atoms with Crippen molar-refractivity contribution in [3.63, 3.8) is 0 Å². The van der Waals surface area contributed by atoms with E-state index in [1.807, 2.05) is 0 Å². The minimum atomic E-state index is 0.494. The lowest BCUT2D eigenvalue weighted by molar-refractivity contribution is 0.123. The zero-order valence-electron chi connectivity index (χ0n) is 12.0. The lowest BCUT2D eigenvalue weighted by Crippen LogP contribution is -2.35. The summed E-state index contributed by atoms with van der Waals surface area (Å²) in [6.45, 7) is 4.76. The molecule has 0 aliphatic carbocycles. The van der Waals surface area contributed by atoms with Crippen molar-refractivity contribution in [2.75, 3.05) is 51.5 Å². The smallest absolute Gasteiger partial charge is 0.187 e. The number of methoxy groups -OCH3 is 1. The number of morpholine rings is 1. The second-order valence-corrected chi connectivity index (χ2v) is 5.90. The number of nitrogens with zero attached hydrogens (tertiary/aromatic N) is 2. The number of thiophene rings is 1. The van der Waals surface area contributed by atoms with Gasteiger partial charge in [-0.15, -0.1) is 11.3 Å². The Morgan fingerprint density at radius 1 is 1.52 bits per heavy atom. The predicted octanol–water partition coefficient (Wildman–Crippen LogP) is 1.03. The molecule has 116 valence electrons. The molecule has 0 amide bonds. The van der Waals surface area contributed by atoms with E-state index in [9.17, 15) is 0 Å². The molecule has 6 nitrogen and oxygen atoms in total. The SMILES string of the molecule is COCCNC(=S)N/N=C/c1ccc(N2CCOCC2)s1.